The van der Waals surface area contributed by atoms with Crippen molar-refractivity contribution in [2.75, 3.05) is 34.3 Å². The van der Waals surface area contributed by atoms with Gasteiger partial charge >= 0.3 is 0 Å². The van der Waals surface area contributed by atoms with Gasteiger partial charge in [-0.1, -0.05) is 30.0 Å². The van der Waals surface area contributed by atoms with E-state index in [1.54, 1.807) is 24.3 Å². The number of hydrogen-bond donors (Lipinski definition) is 1. The summed E-state index contributed by atoms with van der Waals surface area (Å²) in [6.07, 6.45) is 0.647. The predicted molar refractivity (Wildman–Crippen MR) is 108 cm³/mol. The van der Waals surface area contributed by atoms with Crippen molar-refractivity contribution in [3.63, 3.8) is 0 Å². The zero-order chi connectivity index (χ0) is 21.8. The fourth-order valence-electron chi connectivity index (χ4n) is 3.65. The van der Waals surface area contributed by atoms with Crippen LogP contribution in [0.15, 0.2) is 54.1 Å². The van der Waals surface area contributed by atoms with Crippen molar-refractivity contribution in [2.24, 2.45) is 0 Å². The smallest absolute Gasteiger partial charge is 0.295 e. The molecule has 30 heavy (non-hydrogen) atoms. The number of amides is 1. The van der Waals surface area contributed by atoms with Gasteiger partial charge in [-0.3, -0.25) is 9.59 Å². The summed E-state index contributed by atoms with van der Waals surface area (Å²) in [5.74, 6) is -2.16. The SMILES string of the molecule is COc1cccc(/C([O-])=C2\C(=O)C(=O)N(CCC[NH+](C)C)C2c2cccc(F)c2)c1. The van der Waals surface area contributed by atoms with Crippen LogP contribution in [0.25, 0.3) is 5.76 Å². The van der Waals surface area contributed by atoms with Gasteiger partial charge in [0.1, 0.15) is 11.6 Å². The zero-order valence-corrected chi connectivity index (χ0v) is 17.3. The number of carbonyl (C=O) groups is 2. The van der Waals surface area contributed by atoms with Crippen molar-refractivity contribution in [3.05, 3.63) is 71.0 Å². The molecule has 7 heteroatoms. The first-order valence-electron chi connectivity index (χ1n) is 9.79. The number of Topliss-reactive ketones (excluding diaryl/α,β-unsaturated/α-hetero) is 1. The van der Waals surface area contributed by atoms with E-state index < -0.39 is 29.3 Å². The molecule has 2 aromatic rings. The third-order valence-electron chi connectivity index (χ3n) is 5.10. The van der Waals surface area contributed by atoms with Crippen molar-refractivity contribution < 1.29 is 28.7 Å². The Morgan fingerprint density at radius 1 is 1.17 bits per heavy atom. The van der Waals surface area contributed by atoms with E-state index in [-0.39, 0.29) is 11.1 Å². The quantitative estimate of drug-likeness (QED) is 0.411. The molecule has 0 saturated carbocycles. The summed E-state index contributed by atoms with van der Waals surface area (Å²) >= 11 is 0. The fraction of sp³-hybridized carbons (Fsp3) is 0.304. The highest BCUT2D eigenvalue weighted by molar-refractivity contribution is 6.46. The van der Waals surface area contributed by atoms with Gasteiger partial charge in [0.25, 0.3) is 5.91 Å². The number of rotatable bonds is 7. The van der Waals surface area contributed by atoms with Gasteiger partial charge in [-0.2, -0.15) is 0 Å². The van der Waals surface area contributed by atoms with Gasteiger partial charge in [-0.15, -0.1) is 0 Å². The Hall–Kier alpha value is -3.19. The molecular weight excluding hydrogens is 387 g/mol. The first kappa shape index (κ1) is 21.5. The number of likely N-dealkylation sites (tertiary alicyclic amines) is 1. The fourth-order valence-corrected chi connectivity index (χ4v) is 3.65. The molecule has 0 aromatic heterocycles. The molecule has 2 aromatic carbocycles. The highest BCUT2D eigenvalue weighted by Crippen LogP contribution is 2.39. The number of ether oxygens (including phenoxy) is 1. The van der Waals surface area contributed by atoms with Gasteiger partial charge in [0.05, 0.1) is 33.8 Å². The van der Waals surface area contributed by atoms with Crippen LogP contribution in [0.1, 0.15) is 23.6 Å². The summed E-state index contributed by atoms with van der Waals surface area (Å²) in [4.78, 5) is 28.3. The Bertz CT molecular complexity index is 987. The highest BCUT2D eigenvalue weighted by atomic mass is 19.1. The van der Waals surface area contributed by atoms with Crippen molar-refractivity contribution >= 4 is 17.4 Å². The molecule has 0 aliphatic carbocycles. The van der Waals surface area contributed by atoms with Crippen LogP contribution in [-0.4, -0.2) is 50.9 Å². The highest BCUT2D eigenvalue weighted by Gasteiger charge is 2.44. The number of hydrogen-bond acceptors (Lipinski definition) is 4. The number of methoxy groups -OCH3 is 1. The van der Waals surface area contributed by atoms with E-state index in [2.05, 4.69) is 0 Å². The van der Waals surface area contributed by atoms with E-state index in [1.165, 1.54) is 41.2 Å². The molecule has 6 nitrogen and oxygen atoms in total. The molecule has 1 unspecified atom stereocenters. The Balaban J connectivity index is 2.11. The van der Waals surface area contributed by atoms with E-state index in [1.807, 2.05) is 14.1 Å². The summed E-state index contributed by atoms with van der Waals surface area (Å²) in [6.45, 7) is 1.08. The molecule has 1 aliphatic heterocycles. The van der Waals surface area contributed by atoms with Crippen LogP contribution in [0.4, 0.5) is 4.39 Å². The van der Waals surface area contributed by atoms with Crippen LogP contribution in [0.3, 0.4) is 0 Å². The first-order chi connectivity index (χ1) is 14.3. The molecule has 158 valence electrons. The molecule has 0 radical (unpaired) electrons. The van der Waals surface area contributed by atoms with Crippen LogP contribution in [0, 0.1) is 5.82 Å². The van der Waals surface area contributed by atoms with Crippen LogP contribution >= 0.6 is 0 Å². The maximum absolute atomic E-state index is 13.9. The average molecular weight is 412 g/mol. The second-order valence-electron chi connectivity index (χ2n) is 7.57. The zero-order valence-electron chi connectivity index (χ0n) is 17.3. The Kier molecular flexibility index (Phi) is 6.52. The lowest BCUT2D eigenvalue weighted by Crippen LogP contribution is -3.05. The molecule has 1 fully saturated rings. The third-order valence-corrected chi connectivity index (χ3v) is 5.10. The van der Waals surface area contributed by atoms with Gasteiger partial charge in [0.2, 0.25) is 5.78 Å². The number of benzene rings is 2. The Morgan fingerprint density at radius 3 is 2.57 bits per heavy atom. The molecule has 0 spiro atoms. The van der Waals surface area contributed by atoms with E-state index in [4.69, 9.17) is 4.74 Å². The number of nitrogens with one attached hydrogen (secondary N) is 1. The van der Waals surface area contributed by atoms with E-state index >= 15 is 0 Å². The average Bonchev–Trinajstić information content (AvgIpc) is 2.98. The van der Waals surface area contributed by atoms with Crippen LogP contribution in [0.2, 0.25) is 0 Å². The van der Waals surface area contributed by atoms with Crippen LogP contribution < -0.4 is 14.7 Å². The molecule has 1 N–H and O–H groups in total. The molecule has 1 heterocycles. The first-order valence-corrected chi connectivity index (χ1v) is 9.79. The molecule has 1 saturated heterocycles. The van der Waals surface area contributed by atoms with Crippen molar-refractivity contribution in [1.29, 1.82) is 0 Å². The minimum Gasteiger partial charge on any atom is -0.872 e. The lowest BCUT2D eigenvalue weighted by atomic mass is 9.95. The minimum atomic E-state index is -0.920. The van der Waals surface area contributed by atoms with Crippen LogP contribution in [-0.2, 0) is 9.59 Å². The van der Waals surface area contributed by atoms with Gasteiger partial charge < -0.3 is 19.6 Å². The maximum atomic E-state index is 13.9. The topological polar surface area (TPSA) is 74.1 Å². The second-order valence-corrected chi connectivity index (χ2v) is 7.57. The van der Waals surface area contributed by atoms with Gasteiger partial charge in [-0.05, 0) is 35.4 Å². The normalized spacial score (nSPS) is 18.3. The number of carbonyl (C=O) groups excluding carboxylic acids is 2. The lowest BCUT2D eigenvalue weighted by molar-refractivity contribution is -0.858. The lowest BCUT2D eigenvalue weighted by Gasteiger charge is -2.27. The van der Waals surface area contributed by atoms with Gasteiger partial charge in [-0.25, -0.2) is 4.39 Å². The largest absolute Gasteiger partial charge is 0.872 e. The van der Waals surface area contributed by atoms with Crippen molar-refractivity contribution in [3.8, 4) is 5.75 Å². The summed E-state index contributed by atoms with van der Waals surface area (Å²) in [6, 6.07) is 11.2. The monoisotopic (exact) mass is 412 g/mol. The Labute approximate surface area is 175 Å². The van der Waals surface area contributed by atoms with Crippen LogP contribution in [0.5, 0.6) is 5.75 Å². The summed E-state index contributed by atoms with van der Waals surface area (Å²) in [5, 5.41) is 13.3. The molecule has 0 bridgehead atoms. The number of ketones is 1. The number of quaternary nitrogens is 1. The maximum Gasteiger partial charge on any atom is 0.295 e. The van der Waals surface area contributed by atoms with Crippen molar-refractivity contribution in [2.45, 2.75) is 12.5 Å². The minimum absolute atomic E-state index is 0.156. The summed E-state index contributed by atoms with van der Waals surface area (Å²) < 4.78 is 19.1. The third kappa shape index (κ3) is 4.36. The molecule has 1 aliphatic rings. The van der Waals surface area contributed by atoms with E-state index in [9.17, 15) is 19.1 Å². The standard InChI is InChI=1S/C23H25FN2O4/c1-25(2)11-6-12-26-20(15-7-4-9-17(24)13-15)19(22(28)23(26)29)21(27)16-8-5-10-18(14-16)30-3/h4-5,7-10,13-14,20,27H,6,11-12H2,1-3H3/b21-19+. The summed E-state index contributed by atoms with van der Waals surface area (Å²) in [5.41, 5.74) is 0.486. The molecule has 1 atom stereocenters. The molecule has 3 rings (SSSR count). The van der Waals surface area contributed by atoms with Crippen molar-refractivity contribution in [1.82, 2.24) is 4.90 Å². The van der Waals surface area contributed by atoms with E-state index in [0.717, 1.165) is 6.54 Å². The number of nitrogens with zero attached hydrogens (tertiary/aromatic N) is 1. The Morgan fingerprint density at radius 2 is 1.90 bits per heavy atom. The second kappa shape index (κ2) is 9.09. The number of halogens is 1. The van der Waals surface area contributed by atoms with Gasteiger partial charge in [0, 0.05) is 18.5 Å². The van der Waals surface area contributed by atoms with E-state index in [0.29, 0.717) is 24.3 Å². The summed E-state index contributed by atoms with van der Waals surface area (Å²) in [7, 11) is 5.46. The van der Waals surface area contributed by atoms with Gasteiger partial charge in [0.15, 0.2) is 0 Å². The molecular formula is C23H25FN2O4. The predicted octanol–water partition coefficient (Wildman–Crippen LogP) is 0.593. The molecule has 1 amide bonds.